The molecule has 0 aliphatic heterocycles. The van der Waals surface area contributed by atoms with Crippen molar-refractivity contribution in [2.45, 2.75) is 249 Å². The van der Waals surface area contributed by atoms with Gasteiger partial charge >= 0.3 is 19.8 Å². The quantitative estimate of drug-likeness (QED) is 0.0147. The second-order valence-electron chi connectivity index (χ2n) is 17.0. The molecule has 0 bridgehead atoms. The highest BCUT2D eigenvalue weighted by Crippen LogP contribution is 2.47. The molecule has 358 valence electrons. The average molecular weight is 891 g/mol. The average Bonchev–Trinajstić information content (AvgIpc) is 3.24. The van der Waals surface area contributed by atoms with E-state index >= 15 is 0 Å². The molecule has 0 aromatic rings. The van der Waals surface area contributed by atoms with Crippen molar-refractivity contribution < 1.29 is 63.1 Å². The van der Waals surface area contributed by atoms with E-state index in [1.165, 1.54) is 103 Å². The molecule has 61 heavy (non-hydrogen) atoms. The molecule has 1 rings (SSSR count). The minimum Gasteiger partial charge on any atom is -0.462 e. The van der Waals surface area contributed by atoms with Gasteiger partial charge < -0.3 is 39.9 Å². The first-order chi connectivity index (χ1) is 29.4. The van der Waals surface area contributed by atoms with E-state index < -0.39 is 75.7 Å². The summed E-state index contributed by atoms with van der Waals surface area (Å²) in [4.78, 5) is 35.7. The molecular weight excluding hydrogens is 803 g/mol. The van der Waals surface area contributed by atoms with Crippen LogP contribution >= 0.6 is 7.82 Å². The molecule has 14 heteroatoms. The molecule has 0 saturated heterocycles. The fraction of sp³-hybridized carbons (Fsp3) is 0.872. The number of unbranched alkanes of at least 4 members (excludes halogenated alkanes) is 24. The van der Waals surface area contributed by atoms with E-state index in [0.717, 1.165) is 64.2 Å². The number of aliphatic hydroxyl groups is 5. The molecule has 1 fully saturated rings. The molecule has 0 radical (unpaired) electrons. The maximum Gasteiger partial charge on any atom is 0.472 e. The SMILES string of the molecule is CCCCC/C=C/C/C=C/CCCCCCCC(=O)OC[C@H](COP(=O)(O)OC1C(O)C(O)C(O)[C@H](O)C1O)OC(=O)CCCCCCCCCCCCCCCCCCC. The molecule has 0 heterocycles. The monoisotopic (exact) mass is 891 g/mol. The maximum absolute atomic E-state index is 12.8. The molecule has 1 aliphatic carbocycles. The van der Waals surface area contributed by atoms with Crippen molar-refractivity contribution in [1.29, 1.82) is 0 Å². The molecule has 0 aromatic heterocycles. The fourth-order valence-electron chi connectivity index (χ4n) is 7.38. The number of phosphoric ester groups is 1. The van der Waals surface area contributed by atoms with Gasteiger partial charge in [0.25, 0.3) is 0 Å². The van der Waals surface area contributed by atoms with E-state index in [-0.39, 0.29) is 12.8 Å². The Kier molecular flexibility index (Phi) is 35.4. The van der Waals surface area contributed by atoms with Crippen LogP contribution in [0.5, 0.6) is 0 Å². The van der Waals surface area contributed by atoms with Gasteiger partial charge in [0.05, 0.1) is 6.61 Å². The highest BCUT2D eigenvalue weighted by Gasteiger charge is 2.51. The third-order valence-corrected chi connectivity index (χ3v) is 12.3. The van der Waals surface area contributed by atoms with Crippen molar-refractivity contribution in [3.05, 3.63) is 24.3 Å². The highest BCUT2D eigenvalue weighted by atomic mass is 31.2. The molecule has 6 N–H and O–H groups in total. The lowest BCUT2D eigenvalue weighted by Gasteiger charge is -2.41. The zero-order chi connectivity index (χ0) is 45.0. The van der Waals surface area contributed by atoms with Gasteiger partial charge in [-0.15, -0.1) is 0 Å². The molecule has 0 spiro atoms. The van der Waals surface area contributed by atoms with Crippen LogP contribution in [0, 0.1) is 0 Å². The summed E-state index contributed by atoms with van der Waals surface area (Å²) >= 11 is 0. The minimum atomic E-state index is -5.12. The van der Waals surface area contributed by atoms with Crippen molar-refractivity contribution in [3.63, 3.8) is 0 Å². The van der Waals surface area contributed by atoms with Gasteiger partial charge in [-0.05, 0) is 44.9 Å². The van der Waals surface area contributed by atoms with E-state index in [9.17, 15) is 44.6 Å². The number of carbonyl (C=O) groups excluding carboxylic acids is 2. The van der Waals surface area contributed by atoms with E-state index in [1.54, 1.807) is 0 Å². The van der Waals surface area contributed by atoms with Crippen molar-refractivity contribution in [1.82, 2.24) is 0 Å². The zero-order valence-electron chi connectivity index (χ0n) is 38.0. The Morgan fingerprint density at radius 3 is 1.36 bits per heavy atom. The Balaban J connectivity index is 2.44. The molecule has 8 atom stereocenters. The van der Waals surface area contributed by atoms with Gasteiger partial charge in [-0.1, -0.05) is 173 Å². The highest BCUT2D eigenvalue weighted by molar-refractivity contribution is 7.47. The summed E-state index contributed by atoms with van der Waals surface area (Å²) in [6.07, 6.45) is 28.0. The van der Waals surface area contributed by atoms with Crippen LogP contribution in [0.3, 0.4) is 0 Å². The lowest BCUT2D eigenvalue weighted by molar-refractivity contribution is -0.220. The lowest BCUT2D eigenvalue weighted by atomic mass is 9.85. The Morgan fingerprint density at radius 1 is 0.508 bits per heavy atom. The van der Waals surface area contributed by atoms with Crippen LogP contribution in [0.4, 0.5) is 0 Å². The van der Waals surface area contributed by atoms with Crippen molar-refractivity contribution in [2.24, 2.45) is 0 Å². The summed E-state index contributed by atoms with van der Waals surface area (Å²) in [7, 11) is -5.12. The smallest absolute Gasteiger partial charge is 0.462 e. The van der Waals surface area contributed by atoms with E-state index in [4.69, 9.17) is 18.5 Å². The third kappa shape index (κ3) is 30.2. The first-order valence-electron chi connectivity index (χ1n) is 24.1. The van der Waals surface area contributed by atoms with Crippen LogP contribution in [0.15, 0.2) is 24.3 Å². The molecular formula is C47H87O13P. The number of phosphoric acid groups is 1. The predicted octanol–water partition coefficient (Wildman–Crippen LogP) is 9.62. The van der Waals surface area contributed by atoms with Gasteiger partial charge in [0.1, 0.15) is 43.2 Å². The molecule has 1 aliphatic rings. The standard InChI is InChI=1S/C47H87O13P/c1-3-5-7-9-11-13-15-17-19-20-22-24-26-28-30-32-34-36-41(49)59-39(38-58-61(55,56)60-47-45(53)43(51)42(50)44(52)46(47)54)37-57-40(48)35-33-31-29-27-25-23-21-18-16-14-12-10-8-6-4-2/h12,14,18,21,39,42-47,50-54H,3-11,13,15-17,19-20,22-38H2,1-2H3,(H,55,56)/b14-12+,21-18+/t39-,42?,43+,44?,45?,46?,47?/m1/s1. The third-order valence-electron chi connectivity index (χ3n) is 11.3. The summed E-state index contributed by atoms with van der Waals surface area (Å²) in [6, 6.07) is 0. The van der Waals surface area contributed by atoms with Crippen LogP contribution in [0.25, 0.3) is 0 Å². The maximum atomic E-state index is 12.8. The van der Waals surface area contributed by atoms with Gasteiger partial charge in [-0.3, -0.25) is 18.6 Å². The number of esters is 2. The van der Waals surface area contributed by atoms with Crippen LogP contribution in [0.1, 0.15) is 206 Å². The van der Waals surface area contributed by atoms with E-state index in [2.05, 4.69) is 38.2 Å². The zero-order valence-corrected chi connectivity index (χ0v) is 38.9. The molecule has 0 aromatic carbocycles. The normalized spacial score (nSPS) is 22.2. The van der Waals surface area contributed by atoms with Gasteiger partial charge in [-0.25, -0.2) is 4.57 Å². The summed E-state index contributed by atoms with van der Waals surface area (Å²) < 4.78 is 33.6. The van der Waals surface area contributed by atoms with E-state index in [1.807, 2.05) is 0 Å². The van der Waals surface area contributed by atoms with Crippen LogP contribution in [-0.2, 0) is 32.7 Å². The molecule has 6 unspecified atom stereocenters. The number of hydrogen-bond donors (Lipinski definition) is 6. The molecule has 1 saturated carbocycles. The van der Waals surface area contributed by atoms with Gasteiger partial charge in [0, 0.05) is 12.8 Å². The summed E-state index contributed by atoms with van der Waals surface area (Å²) in [5, 5.41) is 50.2. The number of carbonyl (C=O) groups is 2. The number of hydrogen-bond acceptors (Lipinski definition) is 12. The number of aliphatic hydroxyl groups excluding tert-OH is 5. The minimum absolute atomic E-state index is 0.0981. The lowest BCUT2D eigenvalue weighted by Crippen LogP contribution is -2.64. The molecule has 0 amide bonds. The fourth-order valence-corrected chi connectivity index (χ4v) is 8.35. The first kappa shape index (κ1) is 57.3. The number of ether oxygens (including phenoxy) is 2. The Labute approximate surface area is 368 Å². The van der Waals surface area contributed by atoms with Crippen LogP contribution in [0.2, 0.25) is 0 Å². The van der Waals surface area contributed by atoms with Crippen molar-refractivity contribution >= 4 is 19.8 Å². The van der Waals surface area contributed by atoms with Crippen LogP contribution in [-0.4, -0.2) is 98.3 Å². The van der Waals surface area contributed by atoms with Crippen molar-refractivity contribution in [2.75, 3.05) is 13.2 Å². The Bertz CT molecular complexity index is 1170. The van der Waals surface area contributed by atoms with Gasteiger partial charge in [0.15, 0.2) is 6.10 Å². The second-order valence-corrected chi connectivity index (χ2v) is 18.4. The van der Waals surface area contributed by atoms with Gasteiger partial charge in [-0.2, -0.15) is 0 Å². The Hall–Kier alpha value is -1.67. The molecule has 13 nitrogen and oxygen atoms in total. The predicted molar refractivity (Wildman–Crippen MR) is 240 cm³/mol. The summed E-state index contributed by atoms with van der Waals surface area (Å²) in [5.41, 5.74) is 0. The van der Waals surface area contributed by atoms with E-state index in [0.29, 0.717) is 12.8 Å². The number of allylic oxidation sites excluding steroid dienone is 4. The topological polar surface area (TPSA) is 210 Å². The summed E-state index contributed by atoms with van der Waals surface area (Å²) in [5.74, 6) is -1.11. The number of rotatable bonds is 40. The first-order valence-corrected chi connectivity index (χ1v) is 25.6. The largest absolute Gasteiger partial charge is 0.472 e. The van der Waals surface area contributed by atoms with Crippen molar-refractivity contribution in [3.8, 4) is 0 Å². The van der Waals surface area contributed by atoms with Crippen LogP contribution < -0.4 is 0 Å². The Morgan fingerprint density at radius 2 is 0.885 bits per heavy atom. The van der Waals surface area contributed by atoms with Gasteiger partial charge in [0.2, 0.25) is 0 Å². The summed E-state index contributed by atoms with van der Waals surface area (Å²) in [6.45, 7) is 3.28. The second kappa shape index (κ2) is 37.7.